The molecular weight excluding hydrogens is 494 g/mol. The SMILES string of the molecule is C[C@]12CC[C@H](N(CCN3CCNCC3)C(=O)O)C[C@H]1CC[C@@H]1[C@@H]2CC[C@]2(C)[C@@H](c3ccc(=O)oc3)CC[C@]12O. The predicted octanol–water partition coefficient (Wildman–Crippen LogP) is 4.13. The average molecular weight is 542 g/mol. The molecule has 3 N–H and O–H groups in total. The standard InChI is InChI=1S/C31H47N3O5/c1-29-10-7-23(34(28(36)37)18-17-33-15-13-32-14-16-33)19-22(29)4-5-26-25(29)8-11-30(2)24(9-12-31(26,30)38)21-3-6-27(35)39-20-21/h3,6,20,22-26,32,38H,4-5,7-19H2,1-2H3,(H,36,37)/t22-,23+,24-,25+,26-,29+,30-,31+/m1/s1. The van der Waals surface area contributed by atoms with Gasteiger partial charge in [-0.15, -0.1) is 0 Å². The second-order valence-corrected chi connectivity index (χ2v) is 13.8. The number of hydrogen-bond donors (Lipinski definition) is 3. The van der Waals surface area contributed by atoms with Crippen molar-refractivity contribution in [3.8, 4) is 0 Å². The van der Waals surface area contributed by atoms with Gasteiger partial charge >= 0.3 is 11.7 Å². The van der Waals surface area contributed by atoms with Gasteiger partial charge in [-0.1, -0.05) is 13.8 Å². The molecule has 4 saturated carbocycles. The van der Waals surface area contributed by atoms with Gasteiger partial charge in [0.05, 0.1) is 11.9 Å². The number of nitrogens with zero attached hydrogens (tertiary/aromatic N) is 2. The van der Waals surface area contributed by atoms with E-state index in [1.807, 2.05) is 6.07 Å². The summed E-state index contributed by atoms with van der Waals surface area (Å²) >= 11 is 0. The minimum absolute atomic E-state index is 0.0978. The number of carboxylic acid groups (broad SMARTS) is 1. The molecule has 5 aliphatic rings. The van der Waals surface area contributed by atoms with Crippen LogP contribution in [0.15, 0.2) is 27.6 Å². The van der Waals surface area contributed by atoms with E-state index in [4.69, 9.17) is 4.42 Å². The third kappa shape index (κ3) is 4.45. The van der Waals surface area contributed by atoms with E-state index in [-0.39, 0.29) is 34.3 Å². The Hall–Kier alpha value is -1.90. The number of rotatable bonds is 5. The molecule has 1 aromatic heterocycles. The Bertz CT molecular complexity index is 1100. The Kier molecular flexibility index (Phi) is 7.12. The van der Waals surface area contributed by atoms with Gasteiger partial charge in [-0.25, -0.2) is 9.59 Å². The maximum atomic E-state index is 12.5. The lowest BCUT2D eigenvalue weighted by atomic mass is 9.43. The largest absolute Gasteiger partial charge is 0.465 e. The van der Waals surface area contributed by atoms with Gasteiger partial charge in [0.2, 0.25) is 0 Å². The van der Waals surface area contributed by atoms with E-state index in [1.54, 1.807) is 11.2 Å². The third-order valence-corrected chi connectivity index (χ3v) is 12.5. The first-order valence-corrected chi connectivity index (χ1v) is 15.4. The number of amides is 1. The second-order valence-electron chi connectivity index (χ2n) is 13.8. The normalized spacial score (nSPS) is 42.3. The van der Waals surface area contributed by atoms with Gasteiger partial charge in [0, 0.05) is 56.8 Å². The average Bonchev–Trinajstić information content (AvgIpc) is 3.21. The Morgan fingerprint density at radius 2 is 1.87 bits per heavy atom. The molecule has 1 amide bonds. The maximum Gasteiger partial charge on any atom is 0.407 e. The molecule has 0 radical (unpaired) electrons. The topological polar surface area (TPSA) is 106 Å². The van der Waals surface area contributed by atoms with E-state index < -0.39 is 11.7 Å². The van der Waals surface area contributed by atoms with Crippen LogP contribution >= 0.6 is 0 Å². The lowest BCUT2D eigenvalue weighted by molar-refractivity contribution is -0.203. The molecule has 0 unspecified atom stereocenters. The van der Waals surface area contributed by atoms with Gasteiger partial charge in [-0.2, -0.15) is 0 Å². The van der Waals surface area contributed by atoms with E-state index in [9.17, 15) is 19.8 Å². The van der Waals surface area contributed by atoms with Crippen molar-refractivity contribution >= 4 is 6.09 Å². The number of nitrogens with one attached hydrogen (secondary N) is 1. The lowest BCUT2D eigenvalue weighted by Crippen LogP contribution is -2.62. The number of fused-ring (bicyclic) bond motifs is 5. The van der Waals surface area contributed by atoms with Crippen LogP contribution in [0.3, 0.4) is 0 Å². The molecule has 4 aliphatic carbocycles. The highest BCUT2D eigenvalue weighted by molar-refractivity contribution is 5.65. The Labute approximate surface area is 232 Å². The van der Waals surface area contributed by atoms with E-state index in [0.717, 1.165) is 96.1 Å². The van der Waals surface area contributed by atoms with Crippen LogP contribution in [0.1, 0.15) is 83.1 Å². The Morgan fingerprint density at radius 1 is 1.08 bits per heavy atom. The first-order valence-electron chi connectivity index (χ1n) is 15.4. The highest BCUT2D eigenvalue weighted by atomic mass is 16.4. The molecule has 2 heterocycles. The summed E-state index contributed by atoms with van der Waals surface area (Å²) in [5, 5.41) is 26.0. The van der Waals surface area contributed by atoms with Crippen molar-refractivity contribution in [3.63, 3.8) is 0 Å². The lowest BCUT2D eigenvalue weighted by Gasteiger charge is -2.64. The molecule has 1 aliphatic heterocycles. The van der Waals surface area contributed by atoms with Crippen LogP contribution in [0.2, 0.25) is 0 Å². The van der Waals surface area contributed by atoms with E-state index in [1.165, 1.54) is 6.07 Å². The van der Waals surface area contributed by atoms with Crippen LogP contribution in [0.25, 0.3) is 0 Å². The fourth-order valence-corrected chi connectivity index (χ4v) is 10.2. The molecule has 39 heavy (non-hydrogen) atoms. The zero-order valence-electron chi connectivity index (χ0n) is 23.7. The molecule has 8 heteroatoms. The monoisotopic (exact) mass is 541 g/mol. The van der Waals surface area contributed by atoms with Crippen LogP contribution in [-0.2, 0) is 0 Å². The van der Waals surface area contributed by atoms with Gasteiger partial charge in [0.1, 0.15) is 0 Å². The van der Waals surface area contributed by atoms with Crippen molar-refractivity contribution in [1.82, 2.24) is 15.1 Å². The minimum atomic E-state index is -0.774. The van der Waals surface area contributed by atoms with E-state index in [2.05, 4.69) is 24.1 Å². The molecule has 0 aromatic carbocycles. The summed E-state index contributed by atoms with van der Waals surface area (Å²) in [4.78, 5) is 28.0. The molecule has 1 aromatic rings. The summed E-state index contributed by atoms with van der Waals surface area (Å²) in [6.07, 6.45) is 9.67. The first kappa shape index (κ1) is 27.3. The first-order chi connectivity index (χ1) is 18.7. The molecular formula is C31H47N3O5. The fourth-order valence-electron chi connectivity index (χ4n) is 10.2. The van der Waals surface area contributed by atoms with E-state index >= 15 is 0 Å². The maximum absolute atomic E-state index is 12.5. The second kappa shape index (κ2) is 10.2. The van der Waals surface area contributed by atoms with Gasteiger partial charge < -0.3 is 24.8 Å². The van der Waals surface area contributed by atoms with Crippen LogP contribution in [0.5, 0.6) is 0 Å². The third-order valence-electron chi connectivity index (χ3n) is 12.5. The van der Waals surface area contributed by atoms with Gasteiger partial charge in [-0.05, 0) is 98.5 Å². The zero-order chi connectivity index (χ0) is 27.4. The number of hydrogen-bond acceptors (Lipinski definition) is 6. The highest BCUT2D eigenvalue weighted by Gasteiger charge is 2.67. The van der Waals surface area contributed by atoms with Crippen molar-refractivity contribution < 1.29 is 19.4 Å². The highest BCUT2D eigenvalue weighted by Crippen LogP contribution is 2.70. The molecule has 1 saturated heterocycles. The summed E-state index contributed by atoms with van der Waals surface area (Å²) in [7, 11) is 0. The quantitative estimate of drug-likeness (QED) is 0.515. The van der Waals surface area contributed by atoms with Crippen molar-refractivity contribution in [3.05, 3.63) is 34.4 Å². The van der Waals surface area contributed by atoms with Crippen molar-refractivity contribution in [2.75, 3.05) is 39.3 Å². The van der Waals surface area contributed by atoms with Crippen LogP contribution in [0, 0.1) is 28.6 Å². The summed E-state index contributed by atoms with van der Waals surface area (Å²) in [6.45, 7) is 10.1. The van der Waals surface area contributed by atoms with Crippen molar-refractivity contribution in [1.29, 1.82) is 0 Å². The number of piperazine rings is 1. The molecule has 8 atom stereocenters. The van der Waals surface area contributed by atoms with Crippen LogP contribution < -0.4 is 10.9 Å². The van der Waals surface area contributed by atoms with E-state index in [0.29, 0.717) is 18.4 Å². The summed E-state index contributed by atoms with van der Waals surface area (Å²) < 4.78 is 5.23. The molecule has 6 rings (SSSR count). The summed E-state index contributed by atoms with van der Waals surface area (Å²) in [5.74, 6) is 1.46. The Morgan fingerprint density at radius 3 is 2.59 bits per heavy atom. The molecule has 0 spiro atoms. The molecule has 5 fully saturated rings. The summed E-state index contributed by atoms with van der Waals surface area (Å²) in [6, 6.07) is 3.51. The number of aliphatic hydroxyl groups is 1. The number of carbonyl (C=O) groups is 1. The smallest absolute Gasteiger partial charge is 0.407 e. The molecule has 8 nitrogen and oxygen atoms in total. The van der Waals surface area contributed by atoms with Gasteiger partial charge in [0.25, 0.3) is 0 Å². The van der Waals surface area contributed by atoms with Crippen LogP contribution in [0.4, 0.5) is 4.79 Å². The van der Waals surface area contributed by atoms with Gasteiger partial charge in [0.15, 0.2) is 0 Å². The van der Waals surface area contributed by atoms with Crippen LogP contribution in [-0.4, -0.2) is 77.0 Å². The summed E-state index contributed by atoms with van der Waals surface area (Å²) in [5.41, 5.74) is -0.0673. The predicted molar refractivity (Wildman–Crippen MR) is 149 cm³/mol. The minimum Gasteiger partial charge on any atom is -0.465 e. The Balaban J connectivity index is 1.16. The molecule has 216 valence electrons. The van der Waals surface area contributed by atoms with Crippen molar-refractivity contribution in [2.24, 2.45) is 28.6 Å². The van der Waals surface area contributed by atoms with Crippen molar-refractivity contribution in [2.45, 2.75) is 89.2 Å². The zero-order valence-corrected chi connectivity index (χ0v) is 23.7. The van der Waals surface area contributed by atoms with Gasteiger partial charge in [-0.3, -0.25) is 4.90 Å². The molecule has 0 bridgehead atoms. The fraction of sp³-hybridized carbons (Fsp3) is 0.806.